The van der Waals surface area contributed by atoms with E-state index in [0.717, 1.165) is 54.5 Å². The molecule has 1 aliphatic rings. The Morgan fingerprint density at radius 1 is 1.03 bits per heavy atom. The maximum atomic E-state index is 6.13. The van der Waals surface area contributed by atoms with Crippen LogP contribution in [0.25, 0.3) is 5.69 Å². The number of pyridine rings is 1. The van der Waals surface area contributed by atoms with Crippen molar-refractivity contribution < 1.29 is 9.47 Å². The van der Waals surface area contributed by atoms with E-state index in [2.05, 4.69) is 19.7 Å². The Hall–Kier alpha value is -2.44. The molecule has 4 rings (SSSR count). The first-order chi connectivity index (χ1) is 14.1. The number of ether oxygens (including phenoxy) is 2. The number of aryl methyl sites for hydroxylation is 1. The van der Waals surface area contributed by atoms with Crippen molar-refractivity contribution in [2.45, 2.75) is 51.2 Å². The van der Waals surface area contributed by atoms with Gasteiger partial charge in [-0.15, -0.1) is 10.2 Å². The monoisotopic (exact) mass is 412 g/mol. The van der Waals surface area contributed by atoms with Gasteiger partial charge < -0.3 is 9.47 Å². The second-order valence-electron chi connectivity index (χ2n) is 7.45. The smallest absolute Gasteiger partial charge is 0.163 e. The highest BCUT2D eigenvalue weighted by atomic mass is 35.5. The summed E-state index contributed by atoms with van der Waals surface area (Å²) in [5.74, 6) is 2.95. The summed E-state index contributed by atoms with van der Waals surface area (Å²) >= 11 is 6.07. The Morgan fingerprint density at radius 2 is 1.79 bits per heavy atom. The zero-order valence-electron chi connectivity index (χ0n) is 16.7. The highest BCUT2D eigenvalue weighted by molar-refractivity contribution is 6.30. The molecule has 0 aliphatic heterocycles. The molecule has 6 nitrogen and oxygen atoms in total. The highest BCUT2D eigenvalue weighted by Gasteiger charge is 2.28. The van der Waals surface area contributed by atoms with Gasteiger partial charge in [-0.1, -0.05) is 11.6 Å². The predicted octanol–water partition coefficient (Wildman–Crippen LogP) is 4.88. The van der Waals surface area contributed by atoms with Crippen molar-refractivity contribution in [3.63, 3.8) is 0 Å². The number of rotatable bonds is 6. The molecule has 1 aliphatic carbocycles. The molecule has 152 valence electrons. The highest BCUT2D eigenvalue weighted by Crippen LogP contribution is 2.35. The molecular formula is C22H25ClN4O2. The average Bonchev–Trinajstić information content (AvgIpc) is 3.15. The van der Waals surface area contributed by atoms with Crippen LogP contribution in [-0.4, -0.2) is 33.0 Å². The fourth-order valence-electron chi connectivity index (χ4n) is 3.84. The predicted molar refractivity (Wildman–Crippen MR) is 112 cm³/mol. The molecular weight excluding hydrogens is 388 g/mol. The third-order valence-corrected chi connectivity index (χ3v) is 5.59. The number of hydrogen-bond acceptors (Lipinski definition) is 5. The minimum atomic E-state index is 0.209. The first kappa shape index (κ1) is 19.9. The Bertz CT molecular complexity index is 932. The van der Waals surface area contributed by atoms with Crippen LogP contribution in [-0.2, 0) is 11.3 Å². The average molecular weight is 413 g/mol. The molecule has 0 spiro atoms. The summed E-state index contributed by atoms with van der Waals surface area (Å²) in [6, 6.07) is 11.7. The van der Waals surface area contributed by atoms with Crippen LogP contribution in [0.1, 0.15) is 48.9 Å². The molecule has 0 saturated heterocycles. The molecule has 2 aromatic heterocycles. The van der Waals surface area contributed by atoms with Gasteiger partial charge in [-0.25, -0.2) is 0 Å². The van der Waals surface area contributed by atoms with Gasteiger partial charge in [0, 0.05) is 29.4 Å². The van der Waals surface area contributed by atoms with Crippen molar-refractivity contribution in [2.75, 3.05) is 7.11 Å². The van der Waals surface area contributed by atoms with E-state index < -0.39 is 0 Å². The Labute approximate surface area is 175 Å². The standard InChI is InChI=1S/C22H25ClN4O2/c1-15-3-10-20(13-24-15)29-19-11-4-16(5-12-19)22-26-25-21(14-28-2)27(22)18-8-6-17(23)7-9-18/h3,6-10,13,16,19H,4-5,11-12,14H2,1-2H3/t16-,19-. The van der Waals surface area contributed by atoms with Crippen LogP contribution in [0.4, 0.5) is 0 Å². The van der Waals surface area contributed by atoms with E-state index in [4.69, 9.17) is 21.1 Å². The van der Waals surface area contributed by atoms with Gasteiger partial charge in [-0.05, 0) is 69.0 Å². The van der Waals surface area contributed by atoms with Crippen LogP contribution in [0.15, 0.2) is 42.6 Å². The zero-order valence-corrected chi connectivity index (χ0v) is 17.5. The number of halogens is 1. The van der Waals surface area contributed by atoms with E-state index in [9.17, 15) is 0 Å². The summed E-state index contributed by atoms with van der Waals surface area (Å²) in [6.07, 6.45) is 5.97. The van der Waals surface area contributed by atoms with Crippen LogP contribution in [0.2, 0.25) is 5.02 Å². The Balaban J connectivity index is 1.49. The van der Waals surface area contributed by atoms with Crippen LogP contribution in [0.3, 0.4) is 0 Å². The first-order valence-corrected chi connectivity index (χ1v) is 10.3. The zero-order chi connectivity index (χ0) is 20.2. The summed E-state index contributed by atoms with van der Waals surface area (Å²) in [4.78, 5) is 4.31. The van der Waals surface area contributed by atoms with E-state index in [1.165, 1.54) is 0 Å². The van der Waals surface area contributed by atoms with Gasteiger partial charge in [0.25, 0.3) is 0 Å². The van der Waals surface area contributed by atoms with E-state index in [1.54, 1.807) is 13.3 Å². The lowest BCUT2D eigenvalue weighted by atomic mass is 9.86. The van der Waals surface area contributed by atoms with Gasteiger partial charge in [0.05, 0.1) is 12.3 Å². The normalized spacial score (nSPS) is 19.3. The van der Waals surface area contributed by atoms with Crippen molar-refractivity contribution in [3.8, 4) is 11.4 Å². The van der Waals surface area contributed by atoms with Crippen LogP contribution >= 0.6 is 11.6 Å². The quantitative estimate of drug-likeness (QED) is 0.577. The van der Waals surface area contributed by atoms with E-state index in [-0.39, 0.29) is 6.10 Å². The maximum absolute atomic E-state index is 6.13. The van der Waals surface area contributed by atoms with Crippen molar-refractivity contribution >= 4 is 11.6 Å². The molecule has 7 heteroatoms. The van der Waals surface area contributed by atoms with Crippen molar-refractivity contribution in [2.24, 2.45) is 0 Å². The summed E-state index contributed by atoms with van der Waals surface area (Å²) in [7, 11) is 1.67. The SMILES string of the molecule is COCc1nnc([C@H]2CC[C@H](Oc3ccc(C)nc3)CC2)n1-c1ccc(Cl)cc1. The summed E-state index contributed by atoms with van der Waals surface area (Å²) in [6.45, 7) is 2.39. The summed E-state index contributed by atoms with van der Waals surface area (Å²) in [5.41, 5.74) is 2.00. The lowest BCUT2D eigenvalue weighted by molar-refractivity contribution is 0.144. The van der Waals surface area contributed by atoms with E-state index in [0.29, 0.717) is 17.5 Å². The van der Waals surface area contributed by atoms with Crippen LogP contribution in [0.5, 0.6) is 5.75 Å². The molecule has 1 fully saturated rings. The van der Waals surface area contributed by atoms with E-state index >= 15 is 0 Å². The van der Waals surface area contributed by atoms with Crippen LogP contribution in [0, 0.1) is 6.92 Å². The molecule has 1 saturated carbocycles. The van der Waals surface area contributed by atoms with E-state index in [1.807, 2.05) is 43.3 Å². The minimum Gasteiger partial charge on any atom is -0.489 e. The fraction of sp³-hybridized carbons (Fsp3) is 0.409. The molecule has 0 radical (unpaired) electrons. The molecule has 0 amide bonds. The molecule has 2 heterocycles. The number of nitrogens with zero attached hydrogens (tertiary/aromatic N) is 4. The minimum absolute atomic E-state index is 0.209. The largest absolute Gasteiger partial charge is 0.489 e. The maximum Gasteiger partial charge on any atom is 0.163 e. The molecule has 29 heavy (non-hydrogen) atoms. The topological polar surface area (TPSA) is 62.1 Å². The molecule has 0 N–H and O–H groups in total. The summed E-state index contributed by atoms with van der Waals surface area (Å²) in [5, 5.41) is 9.62. The fourth-order valence-corrected chi connectivity index (χ4v) is 3.97. The molecule has 3 aromatic rings. The van der Waals surface area contributed by atoms with Crippen LogP contribution < -0.4 is 4.74 Å². The van der Waals surface area contributed by atoms with Gasteiger partial charge >= 0.3 is 0 Å². The second-order valence-corrected chi connectivity index (χ2v) is 7.88. The molecule has 0 unspecified atom stereocenters. The van der Waals surface area contributed by atoms with Gasteiger partial charge in [0.2, 0.25) is 0 Å². The molecule has 0 atom stereocenters. The van der Waals surface area contributed by atoms with Crippen molar-refractivity contribution in [3.05, 3.63) is 65.0 Å². The number of hydrogen-bond donors (Lipinski definition) is 0. The first-order valence-electron chi connectivity index (χ1n) is 9.92. The van der Waals surface area contributed by atoms with Crippen molar-refractivity contribution in [1.29, 1.82) is 0 Å². The Kier molecular flexibility index (Phi) is 6.11. The lowest BCUT2D eigenvalue weighted by Crippen LogP contribution is -2.25. The number of benzene rings is 1. The van der Waals surface area contributed by atoms with Gasteiger partial charge in [0.15, 0.2) is 5.82 Å². The number of methoxy groups -OCH3 is 1. The second kappa shape index (κ2) is 8.93. The molecule has 0 bridgehead atoms. The van der Waals surface area contributed by atoms with Crippen molar-refractivity contribution in [1.82, 2.24) is 19.7 Å². The van der Waals surface area contributed by atoms with Gasteiger partial charge in [-0.2, -0.15) is 0 Å². The Morgan fingerprint density at radius 3 is 2.45 bits per heavy atom. The number of aromatic nitrogens is 4. The van der Waals surface area contributed by atoms with Gasteiger partial charge in [0.1, 0.15) is 18.2 Å². The third-order valence-electron chi connectivity index (χ3n) is 5.34. The summed E-state index contributed by atoms with van der Waals surface area (Å²) < 4.78 is 13.6. The lowest BCUT2D eigenvalue weighted by Gasteiger charge is -2.28. The molecule has 1 aromatic carbocycles. The van der Waals surface area contributed by atoms with Gasteiger partial charge in [-0.3, -0.25) is 9.55 Å². The third kappa shape index (κ3) is 4.60.